The molecule has 0 unspecified atom stereocenters. The van der Waals surface area contributed by atoms with E-state index in [1.54, 1.807) is 86.0 Å². The number of benzene rings is 3. The number of carbonyl (C=O) groups excluding carboxylic acids is 2. The Balaban J connectivity index is 1.57. The molecule has 1 amide bonds. The van der Waals surface area contributed by atoms with Gasteiger partial charge < -0.3 is 14.2 Å². The Morgan fingerprint density at radius 3 is 2.31 bits per heavy atom. The van der Waals surface area contributed by atoms with Gasteiger partial charge in [0.2, 0.25) is 0 Å². The van der Waals surface area contributed by atoms with Crippen LogP contribution >= 0.6 is 0 Å². The molecular formula is C25H22N2O5. The topological polar surface area (TPSA) is 86.2 Å². The number of nitrogens with zero attached hydrogens (tertiary/aromatic N) is 1. The molecule has 162 valence electrons. The third kappa shape index (κ3) is 6.30. The largest absolute Gasteiger partial charge is 0.497 e. The van der Waals surface area contributed by atoms with Gasteiger partial charge >= 0.3 is 5.97 Å². The molecule has 0 fully saturated rings. The van der Waals surface area contributed by atoms with Crippen LogP contribution in [0.3, 0.4) is 0 Å². The maximum Gasteiger partial charge on any atom is 0.343 e. The van der Waals surface area contributed by atoms with Gasteiger partial charge in [0, 0.05) is 5.56 Å². The van der Waals surface area contributed by atoms with Crippen LogP contribution in [-0.4, -0.2) is 31.8 Å². The first-order valence-corrected chi connectivity index (χ1v) is 9.72. The second-order valence-electron chi connectivity index (χ2n) is 6.51. The maximum atomic E-state index is 12.3. The third-order valence-electron chi connectivity index (χ3n) is 4.26. The first kappa shape index (κ1) is 22.3. The van der Waals surface area contributed by atoms with E-state index in [0.717, 1.165) is 0 Å². The van der Waals surface area contributed by atoms with Gasteiger partial charge in [0.25, 0.3) is 5.91 Å². The van der Waals surface area contributed by atoms with Crippen molar-refractivity contribution in [3.63, 3.8) is 0 Å². The van der Waals surface area contributed by atoms with Gasteiger partial charge in [0.05, 0.1) is 18.9 Å². The average Bonchev–Trinajstić information content (AvgIpc) is 2.83. The number of nitrogens with one attached hydrogen (secondary N) is 1. The van der Waals surface area contributed by atoms with Crippen molar-refractivity contribution in [2.45, 2.75) is 0 Å². The molecule has 0 bridgehead atoms. The van der Waals surface area contributed by atoms with E-state index in [1.807, 2.05) is 0 Å². The summed E-state index contributed by atoms with van der Waals surface area (Å²) in [4.78, 5) is 24.5. The molecule has 0 radical (unpaired) electrons. The fraction of sp³-hybridized carbons (Fsp3) is 0.0800. The number of ether oxygens (including phenoxy) is 3. The smallest absolute Gasteiger partial charge is 0.343 e. The molecule has 0 spiro atoms. The van der Waals surface area contributed by atoms with E-state index >= 15 is 0 Å². The van der Waals surface area contributed by atoms with Crippen LogP contribution in [0.4, 0.5) is 0 Å². The molecule has 0 saturated carbocycles. The minimum atomic E-state index is -0.490. The van der Waals surface area contributed by atoms with Crippen molar-refractivity contribution >= 4 is 18.1 Å². The summed E-state index contributed by atoms with van der Waals surface area (Å²) in [5.41, 5.74) is 3.95. The number of rotatable bonds is 9. The zero-order valence-corrected chi connectivity index (χ0v) is 17.5. The van der Waals surface area contributed by atoms with Crippen LogP contribution in [0.2, 0.25) is 0 Å². The molecule has 3 aromatic carbocycles. The van der Waals surface area contributed by atoms with E-state index in [9.17, 15) is 9.59 Å². The zero-order valence-electron chi connectivity index (χ0n) is 17.5. The van der Waals surface area contributed by atoms with Gasteiger partial charge in [-0.1, -0.05) is 24.8 Å². The van der Waals surface area contributed by atoms with Crippen molar-refractivity contribution in [2.24, 2.45) is 5.10 Å². The molecule has 0 aliphatic heterocycles. The number of amides is 1. The molecule has 0 heterocycles. The normalized spacial score (nSPS) is 10.4. The van der Waals surface area contributed by atoms with E-state index in [-0.39, 0.29) is 5.91 Å². The Labute approximate surface area is 185 Å². The molecule has 0 aliphatic carbocycles. The average molecular weight is 430 g/mol. The summed E-state index contributed by atoms with van der Waals surface area (Å²) in [7, 11) is 1.55. The monoisotopic (exact) mass is 430 g/mol. The third-order valence-corrected chi connectivity index (χ3v) is 4.26. The van der Waals surface area contributed by atoms with Crippen LogP contribution in [-0.2, 0) is 0 Å². The highest BCUT2D eigenvalue weighted by Gasteiger charge is 2.09. The fourth-order valence-corrected chi connectivity index (χ4v) is 2.64. The lowest BCUT2D eigenvalue weighted by atomic mass is 10.2. The predicted octanol–water partition coefficient (Wildman–Crippen LogP) is 4.24. The van der Waals surface area contributed by atoms with Crippen molar-refractivity contribution in [1.82, 2.24) is 5.43 Å². The van der Waals surface area contributed by atoms with Crippen molar-refractivity contribution in [3.05, 3.63) is 102 Å². The number of hydrogen-bond acceptors (Lipinski definition) is 6. The minimum Gasteiger partial charge on any atom is -0.497 e. The number of methoxy groups -OCH3 is 1. The standard InChI is InChI=1S/C25H22N2O5/c1-3-15-31-22-13-7-19(8-14-22)24(28)27-26-17-18-5-4-6-23(16-18)32-25(29)20-9-11-21(30-2)12-10-20/h3-14,16-17H,1,15H2,2H3,(H,27,28)/b26-17-. The lowest BCUT2D eigenvalue weighted by molar-refractivity contribution is 0.0734. The molecule has 3 aromatic rings. The van der Waals surface area contributed by atoms with Crippen molar-refractivity contribution in [1.29, 1.82) is 0 Å². The van der Waals surface area contributed by atoms with Gasteiger partial charge in [-0.15, -0.1) is 0 Å². The molecule has 7 heteroatoms. The van der Waals surface area contributed by atoms with E-state index in [2.05, 4.69) is 17.1 Å². The Morgan fingerprint density at radius 1 is 0.938 bits per heavy atom. The Bertz CT molecular complexity index is 1110. The summed E-state index contributed by atoms with van der Waals surface area (Å²) in [6.07, 6.45) is 3.11. The Hall–Kier alpha value is -4.39. The van der Waals surface area contributed by atoms with Gasteiger partial charge in [-0.3, -0.25) is 4.79 Å². The van der Waals surface area contributed by atoms with E-state index < -0.39 is 5.97 Å². The van der Waals surface area contributed by atoms with Crippen LogP contribution in [0.1, 0.15) is 26.3 Å². The van der Waals surface area contributed by atoms with E-state index in [0.29, 0.717) is 40.5 Å². The highest BCUT2D eigenvalue weighted by atomic mass is 16.5. The Morgan fingerprint density at radius 2 is 1.62 bits per heavy atom. The Kier molecular flexibility index (Phi) is 7.75. The lowest BCUT2D eigenvalue weighted by Crippen LogP contribution is -2.17. The van der Waals surface area contributed by atoms with E-state index in [1.165, 1.54) is 6.21 Å². The highest BCUT2D eigenvalue weighted by Crippen LogP contribution is 2.17. The summed E-state index contributed by atoms with van der Waals surface area (Å²) in [6, 6.07) is 20.1. The van der Waals surface area contributed by atoms with Crippen LogP contribution in [0.15, 0.2) is 90.6 Å². The van der Waals surface area contributed by atoms with Crippen molar-refractivity contribution in [2.75, 3.05) is 13.7 Å². The minimum absolute atomic E-state index is 0.358. The fourth-order valence-electron chi connectivity index (χ4n) is 2.64. The molecule has 32 heavy (non-hydrogen) atoms. The molecule has 0 aromatic heterocycles. The van der Waals surface area contributed by atoms with Gasteiger partial charge in [-0.05, 0) is 66.2 Å². The van der Waals surface area contributed by atoms with Crippen LogP contribution in [0, 0.1) is 0 Å². The van der Waals surface area contributed by atoms with Gasteiger partial charge in [0.1, 0.15) is 23.9 Å². The van der Waals surface area contributed by atoms with Crippen LogP contribution in [0.25, 0.3) is 0 Å². The predicted molar refractivity (Wildman–Crippen MR) is 122 cm³/mol. The number of hydrogen-bond donors (Lipinski definition) is 1. The first-order chi connectivity index (χ1) is 15.6. The molecule has 0 atom stereocenters. The SMILES string of the molecule is C=CCOc1ccc(C(=O)N/N=C\c2cccc(OC(=O)c3ccc(OC)cc3)c2)cc1. The van der Waals surface area contributed by atoms with Crippen LogP contribution in [0.5, 0.6) is 17.2 Å². The quantitative estimate of drug-likeness (QED) is 0.180. The van der Waals surface area contributed by atoms with E-state index in [4.69, 9.17) is 14.2 Å². The lowest BCUT2D eigenvalue weighted by Gasteiger charge is -2.06. The van der Waals surface area contributed by atoms with Crippen LogP contribution < -0.4 is 19.6 Å². The number of esters is 1. The summed E-state index contributed by atoms with van der Waals surface area (Å²) in [5.74, 6) is 0.801. The summed E-state index contributed by atoms with van der Waals surface area (Å²) < 4.78 is 15.9. The molecule has 7 nitrogen and oxygen atoms in total. The first-order valence-electron chi connectivity index (χ1n) is 9.72. The molecule has 3 rings (SSSR count). The van der Waals surface area contributed by atoms with Gasteiger partial charge in [-0.2, -0.15) is 5.10 Å². The second kappa shape index (κ2) is 11.1. The maximum absolute atomic E-state index is 12.3. The number of carbonyl (C=O) groups is 2. The molecule has 0 aliphatic rings. The molecule has 1 N–H and O–H groups in total. The van der Waals surface area contributed by atoms with Gasteiger partial charge in [-0.25, -0.2) is 10.2 Å². The highest BCUT2D eigenvalue weighted by molar-refractivity contribution is 5.95. The molecule has 0 saturated heterocycles. The molecular weight excluding hydrogens is 408 g/mol. The summed E-state index contributed by atoms with van der Waals surface area (Å²) >= 11 is 0. The zero-order chi connectivity index (χ0) is 22.8. The summed E-state index contributed by atoms with van der Waals surface area (Å²) in [5, 5.41) is 3.96. The van der Waals surface area contributed by atoms with Crippen molar-refractivity contribution in [3.8, 4) is 17.2 Å². The summed E-state index contributed by atoms with van der Waals surface area (Å²) in [6.45, 7) is 3.98. The van der Waals surface area contributed by atoms with Gasteiger partial charge in [0.15, 0.2) is 0 Å². The van der Waals surface area contributed by atoms with Crippen molar-refractivity contribution < 1.29 is 23.8 Å². The second-order valence-corrected chi connectivity index (χ2v) is 6.51. The number of hydrazone groups is 1.